The normalized spacial score (nSPS) is 10.9. The molecule has 4 nitrogen and oxygen atoms in total. The van der Waals surface area contributed by atoms with E-state index < -0.39 is 5.72 Å². The monoisotopic (exact) mass is 118 g/mol. The first-order valence-electron chi connectivity index (χ1n) is 2.25. The van der Waals surface area contributed by atoms with Crippen molar-refractivity contribution < 1.29 is 9.90 Å². The molecular formula is C4H10N2O2. The maximum absolute atomic E-state index is 9.57. The molecule has 0 spiro atoms. The van der Waals surface area contributed by atoms with Crippen LogP contribution in [-0.2, 0) is 4.79 Å². The number of hydrogen-bond acceptors (Lipinski definition) is 3. The van der Waals surface area contributed by atoms with Crippen LogP contribution in [0.4, 0.5) is 0 Å². The molecule has 8 heavy (non-hydrogen) atoms. The van der Waals surface area contributed by atoms with Crippen LogP contribution < -0.4 is 10.9 Å². The summed E-state index contributed by atoms with van der Waals surface area (Å²) in [5, 5.41) is 8.82. The molecule has 0 heterocycles. The van der Waals surface area contributed by atoms with E-state index in [9.17, 15) is 4.79 Å². The van der Waals surface area contributed by atoms with Crippen LogP contribution in [-0.4, -0.2) is 17.2 Å². The van der Waals surface area contributed by atoms with E-state index in [0.717, 1.165) is 0 Å². The fourth-order valence-electron chi connectivity index (χ4n) is 0.206. The summed E-state index contributed by atoms with van der Waals surface area (Å²) < 4.78 is 0. The van der Waals surface area contributed by atoms with Crippen molar-refractivity contribution in [2.45, 2.75) is 19.6 Å². The molecule has 0 aliphatic rings. The van der Waals surface area contributed by atoms with Crippen LogP contribution in [0.5, 0.6) is 0 Å². The number of aliphatic hydroxyl groups is 1. The van der Waals surface area contributed by atoms with Gasteiger partial charge in [0.25, 0.3) is 0 Å². The molecule has 0 fully saturated rings. The summed E-state index contributed by atoms with van der Waals surface area (Å²) >= 11 is 0. The third-order valence-electron chi connectivity index (χ3n) is 0.437. The van der Waals surface area contributed by atoms with Gasteiger partial charge in [-0.05, 0) is 13.8 Å². The first kappa shape index (κ1) is 7.39. The number of carbonyl (C=O) groups is 1. The number of carbonyl (C=O) groups excluding carboxylic acids is 1. The van der Waals surface area contributed by atoms with Crippen LogP contribution in [0.2, 0.25) is 0 Å². The SMILES string of the molecule is CC(C)(O)NNC=O. The molecule has 0 unspecified atom stereocenters. The lowest BCUT2D eigenvalue weighted by molar-refractivity contribution is -0.112. The van der Waals surface area contributed by atoms with Crippen LogP contribution in [0.3, 0.4) is 0 Å². The van der Waals surface area contributed by atoms with Gasteiger partial charge in [0.2, 0.25) is 6.41 Å². The van der Waals surface area contributed by atoms with Gasteiger partial charge in [-0.15, -0.1) is 0 Å². The zero-order valence-electron chi connectivity index (χ0n) is 4.93. The second-order valence-corrected chi connectivity index (χ2v) is 1.95. The highest BCUT2D eigenvalue weighted by molar-refractivity contribution is 5.44. The van der Waals surface area contributed by atoms with E-state index in [4.69, 9.17) is 5.11 Å². The van der Waals surface area contributed by atoms with Crippen molar-refractivity contribution in [3.05, 3.63) is 0 Å². The van der Waals surface area contributed by atoms with Gasteiger partial charge in [-0.1, -0.05) is 0 Å². The number of hydrogen-bond donors (Lipinski definition) is 3. The van der Waals surface area contributed by atoms with Gasteiger partial charge in [-0.2, -0.15) is 0 Å². The lowest BCUT2D eigenvalue weighted by Crippen LogP contribution is -2.47. The molecular weight excluding hydrogens is 108 g/mol. The van der Waals surface area contributed by atoms with Gasteiger partial charge in [0.1, 0.15) is 5.72 Å². The molecule has 0 atom stereocenters. The topological polar surface area (TPSA) is 61.4 Å². The average Bonchev–Trinajstić information content (AvgIpc) is 1.59. The van der Waals surface area contributed by atoms with E-state index in [1.54, 1.807) is 0 Å². The molecule has 0 aliphatic carbocycles. The lowest BCUT2D eigenvalue weighted by Gasteiger charge is -2.16. The van der Waals surface area contributed by atoms with Crippen LogP contribution in [0.1, 0.15) is 13.8 Å². The molecule has 0 bridgehead atoms. The molecule has 0 aromatic rings. The number of amides is 1. The predicted octanol–water partition coefficient (Wildman–Crippen LogP) is -1.03. The molecule has 0 radical (unpaired) electrons. The van der Waals surface area contributed by atoms with Crippen LogP contribution >= 0.6 is 0 Å². The minimum atomic E-state index is -1.04. The van der Waals surface area contributed by atoms with E-state index in [1.165, 1.54) is 13.8 Å². The molecule has 0 aliphatic heterocycles. The highest BCUT2D eigenvalue weighted by atomic mass is 16.3. The van der Waals surface area contributed by atoms with E-state index in [1.807, 2.05) is 0 Å². The molecule has 0 saturated carbocycles. The Hall–Kier alpha value is -0.610. The van der Waals surface area contributed by atoms with Crippen LogP contribution in [0.25, 0.3) is 0 Å². The fourth-order valence-corrected chi connectivity index (χ4v) is 0.206. The summed E-state index contributed by atoms with van der Waals surface area (Å²) in [6.45, 7) is 3.03. The number of hydrazine groups is 1. The smallest absolute Gasteiger partial charge is 0.221 e. The van der Waals surface area contributed by atoms with Gasteiger partial charge >= 0.3 is 0 Å². The first-order valence-corrected chi connectivity index (χ1v) is 2.25. The van der Waals surface area contributed by atoms with Crippen LogP contribution in [0, 0.1) is 0 Å². The third kappa shape index (κ3) is 5.39. The molecule has 0 rings (SSSR count). The zero-order chi connectivity index (χ0) is 6.62. The van der Waals surface area contributed by atoms with Crippen molar-refractivity contribution in [1.82, 2.24) is 10.9 Å². The van der Waals surface area contributed by atoms with E-state index >= 15 is 0 Å². The van der Waals surface area contributed by atoms with Crippen molar-refractivity contribution in [3.8, 4) is 0 Å². The summed E-state index contributed by atoms with van der Waals surface area (Å²) in [7, 11) is 0. The first-order chi connectivity index (χ1) is 3.56. The van der Waals surface area contributed by atoms with Gasteiger partial charge in [0, 0.05) is 0 Å². The maximum atomic E-state index is 9.57. The third-order valence-corrected chi connectivity index (χ3v) is 0.437. The summed E-state index contributed by atoms with van der Waals surface area (Å²) in [6, 6.07) is 0. The largest absolute Gasteiger partial charge is 0.375 e. The lowest BCUT2D eigenvalue weighted by atomic mass is 10.3. The van der Waals surface area contributed by atoms with Gasteiger partial charge < -0.3 is 5.11 Å². The van der Waals surface area contributed by atoms with Crippen molar-refractivity contribution in [2.75, 3.05) is 0 Å². The summed E-state index contributed by atoms with van der Waals surface area (Å²) in [4.78, 5) is 9.57. The average molecular weight is 118 g/mol. The molecule has 4 heteroatoms. The Bertz CT molecular complexity index is 76.6. The Morgan fingerprint density at radius 3 is 2.25 bits per heavy atom. The van der Waals surface area contributed by atoms with E-state index in [-0.39, 0.29) is 0 Å². The zero-order valence-corrected chi connectivity index (χ0v) is 4.93. The Morgan fingerprint density at radius 2 is 2.12 bits per heavy atom. The fraction of sp³-hybridized carbons (Fsp3) is 0.750. The maximum Gasteiger partial charge on any atom is 0.221 e. The molecule has 0 saturated heterocycles. The highest BCUT2D eigenvalue weighted by Crippen LogP contribution is 1.88. The van der Waals surface area contributed by atoms with Gasteiger partial charge in [-0.25, -0.2) is 5.43 Å². The second kappa shape index (κ2) is 2.64. The molecule has 0 aromatic carbocycles. The summed E-state index contributed by atoms with van der Waals surface area (Å²) in [6.07, 6.45) is 0.456. The molecule has 0 aromatic heterocycles. The highest BCUT2D eigenvalue weighted by Gasteiger charge is 2.08. The van der Waals surface area contributed by atoms with Crippen molar-refractivity contribution in [1.29, 1.82) is 0 Å². The van der Waals surface area contributed by atoms with Gasteiger partial charge in [0.05, 0.1) is 0 Å². The molecule has 1 amide bonds. The Labute approximate surface area is 47.9 Å². The Morgan fingerprint density at radius 1 is 1.62 bits per heavy atom. The van der Waals surface area contributed by atoms with Crippen molar-refractivity contribution in [2.24, 2.45) is 0 Å². The van der Waals surface area contributed by atoms with Gasteiger partial charge in [0.15, 0.2) is 0 Å². The standard InChI is InChI=1S/C4H10N2O2/c1-4(2,8)6-5-3-7/h3,6,8H,1-2H3,(H,5,7). The number of rotatable bonds is 3. The van der Waals surface area contributed by atoms with Gasteiger partial charge in [-0.3, -0.25) is 10.2 Å². The number of nitrogens with one attached hydrogen (secondary N) is 2. The predicted molar refractivity (Wildman–Crippen MR) is 28.6 cm³/mol. The summed E-state index contributed by atoms with van der Waals surface area (Å²) in [5.41, 5.74) is 3.38. The van der Waals surface area contributed by atoms with Crippen molar-refractivity contribution >= 4 is 6.41 Å². The minimum Gasteiger partial charge on any atom is -0.375 e. The summed E-state index contributed by atoms with van der Waals surface area (Å²) in [5.74, 6) is 0. The van der Waals surface area contributed by atoms with Crippen molar-refractivity contribution in [3.63, 3.8) is 0 Å². The Balaban J connectivity index is 3.24. The molecule has 48 valence electrons. The van der Waals surface area contributed by atoms with E-state index in [2.05, 4.69) is 10.9 Å². The quantitative estimate of drug-likeness (QED) is 0.252. The van der Waals surface area contributed by atoms with E-state index in [0.29, 0.717) is 6.41 Å². The molecule has 3 N–H and O–H groups in total. The van der Waals surface area contributed by atoms with Crippen LogP contribution in [0.15, 0.2) is 0 Å². The minimum absolute atomic E-state index is 0.456. The second-order valence-electron chi connectivity index (χ2n) is 1.95. The Kier molecular flexibility index (Phi) is 2.44.